The summed E-state index contributed by atoms with van der Waals surface area (Å²) in [5.41, 5.74) is 15.2. The zero-order chi connectivity index (χ0) is 41.8. The minimum absolute atomic E-state index is 0.131. The summed E-state index contributed by atoms with van der Waals surface area (Å²) < 4.78 is 4.52. The minimum atomic E-state index is -0.131. The molecule has 11 rings (SSSR count). The summed E-state index contributed by atoms with van der Waals surface area (Å²) in [5.74, 6) is 0.848. The van der Waals surface area contributed by atoms with Crippen LogP contribution in [0.25, 0.3) is 89.1 Å². The number of phenolic OH excluding ortho intramolecular Hbond substituents is 1. The molecule has 5 nitrogen and oxygen atoms in total. The smallest absolute Gasteiger partial charge is 0.149 e. The molecule has 0 aliphatic rings. The fraction of sp³-hybridized carbons (Fsp3) is 0.0526. The van der Waals surface area contributed by atoms with E-state index in [9.17, 15) is 5.11 Å². The normalized spacial score (nSPS) is 11.8. The summed E-state index contributed by atoms with van der Waals surface area (Å²) in [6.07, 6.45) is 1.92. The SMILES string of the molecule is CC(C)(c1ccccc1)c1ccc(-c2ccnc(-c3cc(-c4cccc5c4nc(-c4ccccc4O)n5-c4ccccc4)c4c5ccccc5n(-c5ccccc5)c4c3)c2)cc1. The van der Waals surface area contributed by atoms with Crippen LogP contribution >= 0.6 is 0 Å². The summed E-state index contributed by atoms with van der Waals surface area (Å²) in [6.45, 7) is 4.56. The molecule has 0 radical (unpaired) electrons. The van der Waals surface area contributed by atoms with Crippen LogP contribution in [0.5, 0.6) is 5.75 Å². The van der Waals surface area contributed by atoms with Crippen molar-refractivity contribution >= 4 is 32.8 Å². The van der Waals surface area contributed by atoms with Crippen LogP contribution in [0.15, 0.2) is 212 Å². The van der Waals surface area contributed by atoms with Gasteiger partial charge in [-0.1, -0.05) is 147 Å². The Morgan fingerprint density at radius 2 is 1.06 bits per heavy atom. The van der Waals surface area contributed by atoms with Crippen molar-refractivity contribution in [3.05, 3.63) is 224 Å². The van der Waals surface area contributed by atoms with E-state index in [4.69, 9.17) is 9.97 Å². The van der Waals surface area contributed by atoms with E-state index < -0.39 is 0 Å². The molecular weight excluding hydrogens is 757 g/mol. The number of aromatic hydroxyl groups is 1. The van der Waals surface area contributed by atoms with Crippen molar-refractivity contribution < 1.29 is 5.11 Å². The van der Waals surface area contributed by atoms with Gasteiger partial charge in [0.1, 0.15) is 11.6 Å². The number of nitrogens with zero attached hydrogens (tertiary/aromatic N) is 4. The number of imidazole rings is 1. The van der Waals surface area contributed by atoms with Crippen LogP contribution in [-0.2, 0) is 5.41 Å². The number of hydrogen-bond acceptors (Lipinski definition) is 3. The highest BCUT2D eigenvalue weighted by atomic mass is 16.3. The van der Waals surface area contributed by atoms with Crippen molar-refractivity contribution in [1.29, 1.82) is 0 Å². The van der Waals surface area contributed by atoms with Crippen LogP contribution in [0.2, 0.25) is 0 Å². The highest BCUT2D eigenvalue weighted by Gasteiger charge is 2.25. The van der Waals surface area contributed by atoms with Crippen LogP contribution in [-0.4, -0.2) is 24.2 Å². The van der Waals surface area contributed by atoms with E-state index in [-0.39, 0.29) is 11.2 Å². The van der Waals surface area contributed by atoms with Gasteiger partial charge in [-0.15, -0.1) is 0 Å². The molecule has 8 aromatic carbocycles. The van der Waals surface area contributed by atoms with Crippen molar-refractivity contribution in [1.82, 2.24) is 19.1 Å². The molecule has 3 aromatic heterocycles. The predicted octanol–water partition coefficient (Wildman–Crippen LogP) is 14.2. The second kappa shape index (κ2) is 14.9. The van der Waals surface area contributed by atoms with Crippen molar-refractivity contribution in [3.8, 4) is 62.0 Å². The average Bonchev–Trinajstić information content (AvgIpc) is 3.89. The second-order valence-electron chi connectivity index (χ2n) is 16.4. The van der Waals surface area contributed by atoms with Gasteiger partial charge in [0, 0.05) is 44.9 Å². The van der Waals surface area contributed by atoms with Gasteiger partial charge in [-0.25, -0.2) is 4.98 Å². The monoisotopic (exact) mass is 798 g/mol. The van der Waals surface area contributed by atoms with Gasteiger partial charge < -0.3 is 9.67 Å². The maximum atomic E-state index is 11.2. The van der Waals surface area contributed by atoms with Crippen LogP contribution in [0.1, 0.15) is 25.0 Å². The van der Waals surface area contributed by atoms with E-state index in [0.29, 0.717) is 11.4 Å². The lowest BCUT2D eigenvalue weighted by molar-refractivity contribution is 0.477. The van der Waals surface area contributed by atoms with E-state index in [1.54, 1.807) is 6.07 Å². The first kappa shape index (κ1) is 37.0. The quantitative estimate of drug-likeness (QED) is 0.167. The average molecular weight is 799 g/mol. The molecule has 3 heterocycles. The number of pyridine rings is 1. The first-order valence-corrected chi connectivity index (χ1v) is 21.1. The van der Waals surface area contributed by atoms with E-state index in [2.05, 4.69) is 187 Å². The molecule has 1 N–H and O–H groups in total. The van der Waals surface area contributed by atoms with Crippen molar-refractivity contribution in [2.24, 2.45) is 0 Å². The van der Waals surface area contributed by atoms with Crippen LogP contribution in [0.4, 0.5) is 0 Å². The minimum Gasteiger partial charge on any atom is -0.507 e. The van der Waals surface area contributed by atoms with Gasteiger partial charge in [0.15, 0.2) is 0 Å². The number of rotatable bonds is 8. The maximum Gasteiger partial charge on any atom is 0.149 e. The third-order valence-corrected chi connectivity index (χ3v) is 12.4. The first-order chi connectivity index (χ1) is 30.4. The molecule has 0 saturated carbocycles. The number of fused-ring (bicyclic) bond motifs is 4. The Morgan fingerprint density at radius 1 is 0.452 bits per heavy atom. The molecule has 0 atom stereocenters. The van der Waals surface area contributed by atoms with E-state index in [0.717, 1.165) is 77.7 Å². The van der Waals surface area contributed by atoms with Crippen LogP contribution < -0.4 is 0 Å². The third kappa shape index (κ3) is 6.17. The van der Waals surface area contributed by atoms with E-state index in [1.165, 1.54) is 11.1 Å². The predicted molar refractivity (Wildman–Crippen MR) is 255 cm³/mol. The highest BCUT2D eigenvalue weighted by molar-refractivity contribution is 6.18. The lowest BCUT2D eigenvalue weighted by Crippen LogP contribution is -2.18. The molecule has 0 amide bonds. The molecule has 0 fully saturated rings. The summed E-state index contributed by atoms with van der Waals surface area (Å²) in [7, 11) is 0. The molecule has 62 heavy (non-hydrogen) atoms. The molecule has 0 unspecified atom stereocenters. The van der Waals surface area contributed by atoms with Gasteiger partial charge in [0.2, 0.25) is 0 Å². The Labute approximate surface area is 360 Å². The third-order valence-electron chi connectivity index (χ3n) is 12.4. The first-order valence-electron chi connectivity index (χ1n) is 21.1. The van der Waals surface area contributed by atoms with E-state index in [1.807, 2.05) is 42.6 Å². The molecule has 296 valence electrons. The Balaban J connectivity index is 1.15. The van der Waals surface area contributed by atoms with Crippen LogP contribution in [0.3, 0.4) is 0 Å². The van der Waals surface area contributed by atoms with Gasteiger partial charge in [-0.3, -0.25) is 9.55 Å². The fourth-order valence-corrected chi connectivity index (χ4v) is 9.18. The number of para-hydroxylation sites is 5. The van der Waals surface area contributed by atoms with Crippen molar-refractivity contribution in [2.45, 2.75) is 19.3 Å². The van der Waals surface area contributed by atoms with Gasteiger partial charge >= 0.3 is 0 Å². The number of hydrogen-bond donors (Lipinski definition) is 1. The zero-order valence-corrected chi connectivity index (χ0v) is 34.4. The van der Waals surface area contributed by atoms with Crippen molar-refractivity contribution in [3.63, 3.8) is 0 Å². The number of phenols is 1. The fourth-order valence-electron chi connectivity index (χ4n) is 9.18. The molecule has 0 bridgehead atoms. The topological polar surface area (TPSA) is 55.9 Å². The molecule has 0 spiro atoms. The van der Waals surface area contributed by atoms with Crippen molar-refractivity contribution in [2.75, 3.05) is 0 Å². The molecular formula is C57H42N4O. The largest absolute Gasteiger partial charge is 0.507 e. The standard InChI is InChI=1S/C57H42N4O/c1-57(2,41-17-6-3-7-18-41)42-31-29-38(30-32-42)39-33-34-58-49(36-39)40-35-48(54-46-23-12-14-26-50(46)60(52(54)37-40)43-19-8-4-9-20-43)45-25-16-27-51-55(45)59-56(47-24-13-15-28-53(47)62)61(51)44-21-10-5-11-22-44/h3-37,62H,1-2H3. The maximum absolute atomic E-state index is 11.2. The van der Waals surface area contributed by atoms with Gasteiger partial charge in [0.05, 0.1) is 33.3 Å². The highest BCUT2D eigenvalue weighted by Crippen LogP contribution is 2.45. The summed E-state index contributed by atoms with van der Waals surface area (Å²) >= 11 is 0. The van der Waals surface area contributed by atoms with Gasteiger partial charge in [-0.2, -0.15) is 0 Å². The van der Waals surface area contributed by atoms with Gasteiger partial charge in [0.25, 0.3) is 0 Å². The van der Waals surface area contributed by atoms with Crippen LogP contribution in [0, 0.1) is 0 Å². The lowest BCUT2D eigenvalue weighted by atomic mass is 9.78. The summed E-state index contributed by atoms with van der Waals surface area (Å²) in [6, 6.07) is 71.9. The lowest BCUT2D eigenvalue weighted by Gasteiger charge is -2.26. The van der Waals surface area contributed by atoms with Gasteiger partial charge in [-0.05, 0) is 101 Å². The second-order valence-corrected chi connectivity index (χ2v) is 16.4. The molecule has 5 heteroatoms. The Kier molecular flexibility index (Phi) is 8.90. The Bertz CT molecular complexity index is 3420. The molecule has 0 saturated heterocycles. The molecule has 0 aliphatic carbocycles. The molecule has 11 aromatic rings. The summed E-state index contributed by atoms with van der Waals surface area (Å²) in [4.78, 5) is 10.5. The molecule has 0 aliphatic heterocycles. The zero-order valence-electron chi connectivity index (χ0n) is 34.4. The summed E-state index contributed by atoms with van der Waals surface area (Å²) in [5, 5.41) is 13.5. The number of benzene rings is 8. The Hall–Kier alpha value is -8.02. The Morgan fingerprint density at radius 3 is 1.81 bits per heavy atom. The van der Waals surface area contributed by atoms with E-state index >= 15 is 0 Å². The number of aromatic nitrogens is 4.